The highest BCUT2D eigenvalue weighted by Gasteiger charge is 2.37. The highest BCUT2D eigenvalue weighted by molar-refractivity contribution is 7.80. The number of hydrogen-bond donors (Lipinski definition) is 1. The topological polar surface area (TPSA) is 70.0 Å². The third kappa shape index (κ3) is 3.24. The molecule has 5 nitrogen and oxygen atoms in total. The lowest BCUT2D eigenvalue weighted by Gasteiger charge is -2.34. The molecule has 23 heavy (non-hydrogen) atoms. The lowest BCUT2D eigenvalue weighted by Crippen LogP contribution is -2.48. The molecule has 1 atom stereocenters. The molecule has 0 aromatic rings. The Bertz CT molecular complexity index is 648. The summed E-state index contributed by atoms with van der Waals surface area (Å²) in [6.45, 7) is 0.427. The Kier molecular flexibility index (Phi) is 4.39. The number of aliphatic imine (C=N–C) groups is 1. The van der Waals surface area contributed by atoms with Gasteiger partial charge < -0.3 is 5.11 Å². The third-order valence-electron chi connectivity index (χ3n) is 4.68. The fourth-order valence-corrected chi connectivity index (χ4v) is 3.59. The van der Waals surface area contributed by atoms with Crippen LogP contribution in [0.25, 0.3) is 0 Å². The van der Waals surface area contributed by atoms with Crippen molar-refractivity contribution in [3.8, 4) is 0 Å². The molecule has 0 aromatic carbocycles. The first-order chi connectivity index (χ1) is 11.0. The molecule has 1 saturated carbocycles. The van der Waals surface area contributed by atoms with Gasteiger partial charge in [-0.15, -0.1) is 0 Å². The number of allylic oxidation sites excluding steroid dienone is 3. The standard InChI is InChI=1S/C16H17FN2O3S/c17-11-5-6-13-12(7-11)14(20)19(16(23)18-13)8-9-1-3-10(4-2-9)15(21)22/h5-7,9-10,12H,1-4,8H2,(H,21,22). The average Bonchev–Trinajstić information content (AvgIpc) is 2.53. The highest BCUT2D eigenvalue weighted by atomic mass is 32.1. The number of carbonyl (C=O) groups is 2. The van der Waals surface area contributed by atoms with Crippen LogP contribution in [0.15, 0.2) is 29.0 Å². The van der Waals surface area contributed by atoms with Gasteiger partial charge >= 0.3 is 5.97 Å². The van der Waals surface area contributed by atoms with Crippen LogP contribution >= 0.6 is 12.2 Å². The average molecular weight is 336 g/mol. The largest absolute Gasteiger partial charge is 0.481 e. The van der Waals surface area contributed by atoms with E-state index in [9.17, 15) is 14.0 Å². The lowest BCUT2D eigenvalue weighted by atomic mass is 9.81. The lowest BCUT2D eigenvalue weighted by molar-refractivity contribution is -0.143. The molecule has 122 valence electrons. The molecule has 7 heteroatoms. The molecule has 0 radical (unpaired) electrons. The molecule has 0 bridgehead atoms. The third-order valence-corrected chi connectivity index (χ3v) is 4.99. The molecule has 3 rings (SSSR count). The van der Waals surface area contributed by atoms with Gasteiger partial charge in [-0.1, -0.05) is 0 Å². The summed E-state index contributed by atoms with van der Waals surface area (Å²) in [5.41, 5.74) is 0.479. The van der Waals surface area contributed by atoms with Crippen LogP contribution in [0.2, 0.25) is 0 Å². The summed E-state index contributed by atoms with van der Waals surface area (Å²) in [5.74, 6) is -2.24. The van der Waals surface area contributed by atoms with Crippen molar-refractivity contribution in [1.29, 1.82) is 0 Å². The van der Waals surface area contributed by atoms with Crippen LogP contribution in [0.4, 0.5) is 4.39 Å². The second kappa shape index (κ2) is 6.31. The Morgan fingerprint density at radius 3 is 2.70 bits per heavy atom. The van der Waals surface area contributed by atoms with Crippen molar-refractivity contribution in [3.63, 3.8) is 0 Å². The van der Waals surface area contributed by atoms with E-state index in [1.54, 1.807) is 0 Å². The van der Waals surface area contributed by atoms with Crippen LogP contribution in [0, 0.1) is 17.8 Å². The summed E-state index contributed by atoms with van der Waals surface area (Å²) in [4.78, 5) is 29.3. The quantitative estimate of drug-likeness (QED) is 0.804. The van der Waals surface area contributed by atoms with Gasteiger partial charge in [0.05, 0.1) is 11.6 Å². The normalized spacial score (nSPS) is 30.7. The molecule has 1 fully saturated rings. The predicted molar refractivity (Wildman–Crippen MR) is 86.7 cm³/mol. The fraction of sp³-hybridized carbons (Fsp3) is 0.500. The maximum absolute atomic E-state index is 13.4. The van der Waals surface area contributed by atoms with Gasteiger partial charge in [0.1, 0.15) is 11.7 Å². The van der Waals surface area contributed by atoms with Gasteiger partial charge in [0.2, 0.25) is 11.0 Å². The molecule has 1 heterocycles. The Hall–Kier alpha value is -1.89. The van der Waals surface area contributed by atoms with E-state index in [-0.39, 0.29) is 22.9 Å². The highest BCUT2D eigenvalue weighted by Crippen LogP contribution is 2.31. The first-order valence-corrected chi connectivity index (χ1v) is 8.08. The van der Waals surface area contributed by atoms with E-state index < -0.39 is 17.7 Å². The van der Waals surface area contributed by atoms with Crippen molar-refractivity contribution in [1.82, 2.24) is 4.90 Å². The van der Waals surface area contributed by atoms with Gasteiger partial charge in [0, 0.05) is 6.54 Å². The van der Waals surface area contributed by atoms with Gasteiger partial charge in [-0.25, -0.2) is 9.38 Å². The zero-order chi connectivity index (χ0) is 16.6. The van der Waals surface area contributed by atoms with Crippen molar-refractivity contribution >= 4 is 34.9 Å². The van der Waals surface area contributed by atoms with Gasteiger partial charge in [-0.3, -0.25) is 14.5 Å². The fourth-order valence-electron chi connectivity index (χ4n) is 3.32. The van der Waals surface area contributed by atoms with E-state index in [4.69, 9.17) is 17.3 Å². The van der Waals surface area contributed by atoms with Crippen LogP contribution in [0.3, 0.4) is 0 Å². The van der Waals surface area contributed by atoms with E-state index in [0.29, 0.717) is 25.1 Å². The minimum absolute atomic E-state index is 0.206. The molecule has 3 aliphatic rings. The number of thiocarbonyl (C=S) groups is 1. The predicted octanol–water partition coefficient (Wildman–Crippen LogP) is 2.48. The second-order valence-corrected chi connectivity index (χ2v) is 6.55. The molecule has 1 amide bonds. The Balaban J connectivity index is 1.68. The Labute approximate surface area is 138 Å². The number of aliphatic carboxylic acids is 1. The van der Waals surface area contributed by atoms with Gasteiger partial charge in [0.15, 0.2) is 0 Å². The first kappa shape index (κ1) is 16.0. The number of rotatable bonds is 3. The summed E-state index contributed by atoms with van der Waals surface area (Å²) in [6, 6.07) is 0. The summed E-state index contributed by atoms with van der Waals surface area (Å²) in [5, 5.41) is 9.24. The first-order valence-electron chi connectivity index (χ1n) is 7.68. The van der Waals surface area contributed by atoms with Crippen LogP contribution in [0.1, 0.15) is 25.7 Å². The Morgan fingerprint density at radius 2 is 2.04 bits per heavy atom. The maximum atomic E-state index is 13.4. The minimum Gasteiger partial charge on any atom is -0.481 e. The molecule has 1 aliphatic heterocycles. The number of fused-ring (bicyclic) bond motifs is 1. The van der Waals surface area contributed by atoms with Crippen LogP contribution in [-0.2, 0) is 9.59 Å². The van der Waals surface area contributed by atoms with E-state index in [1.807, 2.05) is 0 Å². The molecule has 1 N–H and O–H groups in total. The van der Waals surface area contributed by atoms with Gasteiger partial charge in [-0.2, -0.15) is 0 Å². The monoisotopic (exact) mass is 336 g/mol. The molecule has 0 spiro atoms. The number of carboxylic acids is 1. The molecule has 0 aromatic heterocycles. The number of carboxylic acid groups (broad SMARTS) is 1. The zero-order valence-electron chi connectivity index (χ0n) is 12.4. The van der Waals surface area contributed by atoms with Crippen molar-refractivity contribution in [2.45, 2.75) is 25.7 Å². The number of amides is 1. The Morgan fingerprint density at radius 1 is 1.35 bits per heavy atom. The maximum Gasteiger partial charge on any atom is 0.306 e. The van der Waals surface area contributed by atoms with Crippen LogP contribution in [0.5, 0.6) is 0 Å². The minimum atomic E-state index is -0.753. The number of nitrogens with zero attached hydrogens (tertiary/aromatic N) is 2. The molecule has 0 saturated heterocycles. The SMILES string of the molecule is O=C(O)C1CCC(CN2C(=O)C3C=C(F)C=CC3=NC2=S)CC1. The summed E-state index contributed by atoms with van der Waals surface area (Å²) in [7, 11) is 0. The molecule has 2 aliphatic carbocycles. The number of hydrogen-bond acceptors (Lipinski definition) is 3. The van der Waals surface area contributed by atoms with Crippen molar-refractivity contribution < 1.29 is 19.1 Å². The van der Waals surface area contributed by atoms with Crippen LogP contribution < -0.4 is 0 Å². The molecular formula is C16H17FN2O3S. The van der Waals surface area contributed by atoms with E-state index in [0.717, 1.165) is 12.8 Å². The van der Waals surface area contributed by atoms with E-state index in [2.05, 4.69) is 4.99 Å². The summed E-state index contributed by atoms with van der Waals surface area (Å²) < 4.78 is 13.4. The smallest absolute Gasteiger partial charge is 0.306 e. The van der Waals surface area contributed by atoms with Gasteiger partial charge in [0.25, 0.3) is 0 Å². The van der Waals surface area contributed by atoms with Gasteiger partial charge in [-0.05, 0) is 62.0 Å². The molecule has 1 unspecified atom stereocenters. The van der Waals surface area contributed by atoms with E-state index in [1.165, 1.54) is 23.1 Å². The number of carbonyl (C=O) groups excluding carboxylic acids is 1. The van der Waals surface area contributed by atoms with Crippen LogP contribution in [-0.4, -0.2) is 39.3 Å². The van der Waals surface area contributed by atoms with Crippen molar-refractivity contribution in [2.24, 2.45) is 22.7 Å². The summed E-state index contributed by atoms with van der Waals surface area (Å²) in [6.07, 6.45) is 6.74. The summed E-state index contributed by atoms with van der Waals surface area (Å²) >= 11 is 5.21. The zero-order valence-corrected chi connectivity index (χ0v) is 13.3. The second-order valence-electron chi connectivity index (χ2n) is 6.19. The van der Waals surface area contributed by atoms with E-state index >= 15 is 0 Å². The van der Waals surface area contributed by atoms with Crippen molar-refractivity contribution in [3.05, 3.63) is 24.1 Å². The van der Waals surface area contributed by atoms with Crippen molar-refractivity contribution in [2.75, 3.05) is 6.54 Å². The number of halogens is 1. The molecular weight excluding hydrogens is 319 g/mol.